The molecule has 2 aromatic carbocycles. The van der Waals surface area contributed by atoms with E-state index in [9.17, 15) is 18.0 Å². The molecule has 1 fully saturated rings. The fourth-order valence-electron chi connectivity index (χ4n) is 2.98. The Morgan fingerprint density at radius 1 is 1.04 bits per heavy atom. The van der Waals surface area contributed by atoms with Gasteiger partial charge in [0.15, 0.2) is 0 Å². The van der Waals surface area contributed by atoms with Gasteiger partial charge < -0.3 is 10.2 Å². The lowest BCUT2D eigenvalue weighted by atomic mass is 9.99. The quantitative estimate of drug-likeness (QED) is 0.846. The number of rotatable bonds is 2. The van der Waals surface area contributed by atoms with E-state index in [4.69, 9.17) is 0 Å². The smallest absolute Gasteiger partial charge is 0.324 e. The molecule has 126 valence electrons. The summed E-state index contributed by atoms with van der Waals surface area (Å²) in [5, 5.41) is 2.40. The molecule has 0 aromatic heterocycles. The van der Waals surface area contributed by atoms with Crippen molar-refractivity contribution in [2.75, 3.05) is 18.4 Å². The van der Waals surface area contributed by atoms with E-state index in [1.54, 1.807) is 4.90 Å². The van der Waals surface area contributed by atoms with Gasteiger partial charge >= 0.3 is 12.2 Å². The van der Waals surface area contributed by atoms with Gasteiger partial charge in [0.1, 0.15) is 0 Å². The number of likely N-dealkylation sites (tertiary alicyclic amines) is 1. The summed E-state index contributed by atoms with van der Waals surface area (Å²) in [5.41, 5.74) is 0.0961. The van der Waals surface area contributed by atoms with E-state index in [1.807, 2.05) is 30.3 Å². The zero-order valence-corrected chi connectivity index (χ0v) is 12.9. The lowest BCUT2D eigenvalue weighted by Crippen LogP contribution is -2.33. The summed E-state index contributed by atoms with van der Waals surface area (Å²) >= 11 is 0. The van der Waals surface area contributed by atoms with Crippen molar-refractivity contribution in [3.05, 3.63) is 65.7 Å². The Kier molecular flexibility index (Phi) is 4.46. The number of anilines is 1. The molecule has 1 N–H and O–H groups in total. The maximum atomic E-state index is 13.0. The van der Waals surface area contributed by atoms with Gasteiger partial charge in [0.25, 0.3) is 0 Å². The highest BCUT2D eigenvalue weighted by Gasteiger charge is 2.34. The van der Waals surface area contributed by atoms with Gasteiger partial charge in [0, 0.05) is 19.0 Å². The average Bonchev–Trinajstić information content (AvgIpc) is 3.05. The second-order valence-electron chi connectivity index (χ2n) is 5.82. The van der Waals surface area contributed by atoms with Crippen molar-refractivity contribution in [1.82, 2.24) is 4.90 Å². The highest BCUT2D eigenvalue weighted by Crippen LogP contribution is 2.35. The van der Waals surface area contributed by atoms with Gasteiger partial charge in [-0.2, -0.15) is 13.2 Å². The topological polar surface area (TPSA) is 32.3 Å². The Bertz CT molecular complexity index is 716. The molecular weight excluding hydrogens is 317 g/mol. The van der Waals surface area contributed by atoms with Crippen LogP contribution in [0.3, 0.4) is 0 Å². The molecule has 1 aliphatic heterocycles. The maximum Gasteiger partial charge on any atom is 0.418 e. The third kappa shape index (κ3) is 3.53. The molecular formula is C18H17F3N2O. The molecule has 0 spiro atoms. The number of halogens is 3. The zero-order chi connectivity index (χ0) is 17.2. The van der Waals surface area contributed by atoms with Crippen LogP contribution in [0.15, 0.2) is 54.6 Å². The minimum Gasteiger partial charge on any atom is -0.324 e. The Morgan fingerprint density at radius 2 is 1.71 bits per heavy atom. The summed E-state index contributed by atoms with van der Waals surface area (Å²) in [6, 6.07) is 14.3. The van der Waals surface area contributed by atoms with Crippen molar-refractivity contribution >= 4 is 11.7 Å². The summed E-state index contributed by atoms with van der Waals surface area (Å²) < 4.78 is 39.0. The summed E-state index contributed by atoms with van der Waals surface area (Å²) in [7, 11) is 0. The van der Waals surface area contributed by atoms with Crippen molar-refractivity contribution < 1.29 is 18.0 Å². The minimum absolute atomic E-state index is 0.210. The first kappa shape index (κ1) is 16.4. The predicted molar refractivity (Wildman–Crippen MR) is 85.8 cm³/mol. The van der Waals surface area contributed by atoms with Crippen LogP contribution < -0.4 is 5.32 Å². The molecule has 0 radical (unpaired) electrons. The molecule has 0 aliphatic carbocycles. The van der Waals surface area contributed by atoms with Crippen molar-refractivity contribution in [2.45, 2.75) is 18.5 Å². The molecule has 1 heterocycles. The number of nitrogens with one attached hydrogen (secondary N) is 1. The Labute approximate surface area is 138 Å². The number of hydrogen-bond donors (Lipinski definition) is 1. The average molecular weight is 334 g/mol. The largest absolute Gasteiger partial charge is 0.418 e. The van der Waals surface area contributed by atoms with Crippen LogP contribution in [-0.4, -0.2) is 24.0 Å². The van der Waals surface area contributed by atoms with E-state index in [2.05, 4.69) is 5.32 Å². The second-order valence-corrected chi connectivity index (χ2v) is 5.82. The number of urea groups is 1. The number of hydrogen-bond acceptors (Lipinski definition) is 1. The van der Waals surface area contributed by atoms with Crippen molar-refractivity contribution in [2.24, 2.45) is 0 Å². The van der Waals surface area contributed by atoms with E-state index in [0.717, 1.165) is 18.1 Å². The number of benzene rings is 2. The van der Waals surface area contributed by atoms with Crippen LogP contribution in [-0.2, 0) is 6.18 Å². The lowest BCUT2D eigenvalue weighted by molar-refractivity contribution is -0.136. The standard InChI is InChI=1S/C18H17F3N2O/c19-18(20,21)15-8-4-5-9-16(15)22-17(24)23-11-10-14(12-23)13-6-2-1-3-7-13/h1-9,14H,10-12H2,(H,22,24)/t14-/m0/s1. The zero-order valence-electron chi connectivity index (χ0n) is 12.9. The van der Waals surface area contributed by atoms with Crippen LogP contribution >= 0.6 is 0 Å². The highest BCUT2D eigenvalue weighted by molar-refractivity contribution is 5.90. The lowest BCUT2D eigenvalue weighted by Gasteiger charge is -2.19. The van der Waals surface area contributed by atoms with Gasteiger partial charge in [-0.15, -0.1) is 0 Å². The maximum absolute atomic E-state index is 13.0. The Hall–Kier alpha value is -2.50. The van der Waals surface area contributed by atoms with Crippen LogP contribution in [0.5, 0.6) is 0 Å². The van der Waals surface area contributed by atoms with E-state index < -0.39 is 17.8 Å². The molecule has 2 aromatic rings. The van der Waals surface area contributed by atoms with Gasteiger partial charge in [-0.05, 0) is 24.1 Å². The van der Waals surface area contributed by atoms with E-state index in [-0.39, 0.29) is 11.6 Å². The van der Waals surface area contributed by atoms with Crippen LogP contribution in [0.1, 0.15) is 23.5 Å². The SMILES string of the molecule is O=C(Nc1ccccc1C(F)(F)F)N1CC[C@H](c2ccccc2)C1. The first-order valence-electron chi connectivity index (χ1n) is 7.72. The van der Waals surface area contributed by atoms with Gasteiger partial charge in [-0.25, -0.2) is 4.79 Å². The van der Waals surface area contributed by atoms with Crippen LogP contribution in [0.4, 0.5) is 23.7 Å². The number of amides is 2. The molecule has 0 saturated carbocycles. The number of carbonyl (C=O) groups is 1. The number of nitrogens with zero attached hydrogens (tertiary/aromatic N) is 1. The van der Waals surface area contributed by atoms with Crippen LogP contribution in [0, 0.1) is 0 Å². The Morgan fingerprint density at radius 3 is 2.42 bits per heavy atom. The molecule has 0 unspecified atom stereocenters. The van der Waals surface area contributed by atoms with Gasteiger partial charge in [-0.1, -0.05) is 42.5 Å². The van der Waals surface area contributed by atoms with Gasteiger partial charge in [0.05, 0.1) is 11.3 Å². The first-order chi connectivity index (χ1) is 11.4. The monoisotopic (exact) mass is 334 g/mol. The summed E-state index contributed by atoms with van der Waals surface area (Å²) in [6.07, 6.45) is -3.69. The van der Waals surface area contributed by atoms with Crippen molar-refractivity contribution in [1.29, 1.82) is 0 Å². The highest BCUT2D eigenvalue weighted by atomic mass is 19.4. The summed E-state index contributed by atoms with van der Waals surface area (Å²) in [6.45, 7) is 1.03. The minimum atomic E-state index is -4.50. The Balaban J connectivity index is 1.69. The van der Waals surface area contributed by atoms with Gasteiger partial charge in [0.2, 0.25) is 0 Å². The van der Waals surface area contributed by atoms with Crippen molar-refractivity contribution in [3.8, 4) is 0 Å². The van der Waals surface area contributed by atoms with E-state index in [0.29, 0.717) is 13.1 Å². The summed E-state index contributed by atoms with van der Waals surface area (Å²) in [5.74, 6) is 0.217. The van der Waals surface area contributed by atoms with Crippen molar-refractivity contribution in [3.63, 3.8) is 0 Å². The molecule has 24 heavy (non-hydrogen) atoms. The predicted octanol–water partition coefficient (Wildman–Crippen LogP) is 4.73. The van der Waals surface area contributed by atoms with Crippen LogP contribution in [0.2, 0.25) is 0 Å². The normalized spacial score (nSPS) is 17.8. The van der Waals surface area contributed by atoms with E-state index in [1.165, 1.54) is 18.2 Å². The molecule has 1 saturated heterocycles. The molecule has 0 bridgehead atoms. The molecule has 1 atom stereocenters. The fourth-order valence-corrected chi connectivity index (χ4v) is 2.98. The fraction of sp³-hybridized carbons (Fsp3) is 0.278. The summed E-state index contributed by atoms with van der Waals surface area (Å²) in [4.78, 5) is 13.9. The third-order valence-electron chi connectivity index (χ3n) is 4.22. The van der Waals surface area contributed by atoms with E-state index >= 15 is 0 Å². The molecule has 3 nitrogen and oxygen atoms in total. The molecule has 1 aliphatic rings. The third-order valence-corrected chi connectivity index (χ3v) is 4.22. The number of carbonyl (C=O) groups excluding carboxylic acids is 1. The molecule has 3 rings (SSSR count). The molecule has 2 amide bonds. The number of alkyl halides is 3. The molecule has 6 heteroatoms. The van der Waals surface area contributed by atoms with Gasteiger partial charge in [-0.3, -0.25) is 0 Å². The van der Waals surface area contributed by atoms with Crippen LogP contribution in [0.25, 0.3) is 0 Å². The number of para-hydroxylation sites is 1. The first-order valence-corrected chi connectivity index (χ1v) is 7.72. The second kappa shape index (κ2) is 6.55.